The summed E-state index contributed by atoms with van der Waals surface area (Å²) in [6.07, 6.45) is 5.44. The number of benzene rings is 1. The van der Waals surface area contributed by atoms with E-state index in [9.17, 15) is 22.8 Å². The summed E-state index contributed by atoms with van der Waals surface area (Å²) >= 11 is 0. The maximum Gasteiger partial charge on any atom is 0.416 e. The van der Waals surface area contributed by atoms with Gasteiger partial charge in [-0.15, -0.1) is 0 Å². The highest BCUT2D eigenvalue weighted by Gasteiger charge is 2.45. The summed E-state index contributed by atoms with van der Waals surface area (Å²) < 4.78 is 65.1. The number of ether oxygens (including phenoxy) is 2. The molecular weight excluding hydrogens is 666 g/mol. The Kier molecular flexibility index (Phi) is 18.0. The first-order valence-corrected chi connectivity index (χ1v) is 23.5. The Morgan fingerprint density at radius 3 is 2.16 bits per heavy atom. The normalized spacial score (nSPS) is 19.8. The van der Waals surface area contributed by atoms with Crippen molar-refractivity contribution in [2.45, 2.75) is 148 Å². The van der Waals surface area contributed by atoms with E-state index in [2.05, 4.69) is 47.6 Å². The van der Waals surface area contributed by atoms with Gasteiger partial charge in [0, 0.05) is 24.7 Å². The monoisotopic (exact) mass is 726 g/mol. The molecule has 0 amide bonds. The molecule has 1 aliphatic carbocycles. The molecule has 0 aliphatic heterocycles. The summed E-state index contributed by atoms with van der Waals surface area (Å²) in [5.41, 5.74) is -0.760. The van der Waals surface area contributed by atoms with Crippen LogP contribution in [-0.4, -0.2) is 53.3 Å². The Morgan fingerprint density at radius 2 is 1.59 bits per heavy atom. The second-order valence-electron chi connectivity index (χ2n) is 13.5. The fourth-order valence-electron chi connectivity index (χ4n) is 6.64. The fraction of sp³-hybridized carbons (Fsp3) is 0.684. The van der Waals surface area contributed by atoms with Gasteiger partial charge in [-0.05, 0) is 87.6 Å². The van der Waals surface area contributed by atoms with Crippen molar-refractivity contribution >= 4 is 28.4 Å². The van der Waals surface area contributed by atoms with Crippen LogP contribution in [0.25, 0.3) is 0 Å². The van der Waals surface area contributed by atoms with Crippen LogP contribution in [0.2, 0.25) is 36.3 Å². The van der Waals surface area contributed by atoms with E-state index in [4.69, 9.17) is 18.3 Å². The van der Waals surface area contributed by atoms with Gasteiger partial charge in [-0.25, -0.2) is 0 Å². The van der Waals surface area contributed by atoms with Crippen LogP contribution in [0.4, 0.5) is 13.2 Å². The predicted octanol–water partition coefficient (Wildman–Crippen LogP) is 10.7. The Morgan fingerprint density at radius 1 is 0.959 bits per heavy atom. The highest BCUT2D eigenvalue weighted by molar-refractivity contribution is 6.74. The minimum absolute atomic E-state index is 0.0557. The number of carbonyl (C=O) groups is 2. The number of unbranched alkanes of at least 4 members (excludes halogenated alkanes) is 1. The zero-order valence-electron chi connectivity index (χ0n) is 31.1. The van der Waals surface area contributed by atoms with E-state index >= 15 is 0 Å². The molecule has 4 atom stereocenters. The molecule has 2 rings (SSSR count). The number of rotatable bonds is 22. The van der Waals surface area contributed by atoms with E-state index in [0.717, 1.165) is 48.4 Å². The van der Waals surface area contributed by atoms with Gasteiger partial charge >= 0.3 is 12.1 Å². The lowest BCUT2D eigenvalue weighted by atomic mass is 9.90. The molecule has 0 saturated heterocycles. The van der Waals surface area contributed by atoms with Gasteiger partial charge in [0.15, 0.2) is 16.6 Å². The molecule has 0 heterocycles. The third kappa shape index (κ3) is 13.4. The fourth-order valence-corrected chi connectivity index (χ4v) is 12.3. The maximum absolute atomic E-state index is 13.6. The summed E-state index contributed by atoms with van der Waals surface area (Å²) in [4.78, 5) is 25.4. The highest BCUT2D eigenvalue weighted by Crippen LogP contribution is 2.39. The Bertz CT molecular complexity index is 1190. The average Bonchev–Trinajstić information content (AvgIpc) is 3.37. The molecule has 1 aromatic rings. The van der Waals surface area contributed by atoms with Crippen molar-refractivity contribution in [3.05, 3.63) is 54.1 Å². The number of halogens is 3. The molecule has 278 valence electrons. The number of Topliss-reactive ketones (excluding diaryl/α,β-unsaturated/α-hetero) is 1. The van der Waals surface area contributed by atoms with Gasteiger partial charge in [-0.1, -0.05) is 71.9 Å². The van der Waals surface area contributed by atoms with E-state index < -0.39 is 34.5 Å². The molecule has 11 heteroatoms. The number of alkyl halides is 3. The quantitative estimate of drug-likeness (QED) is 0.0513. The number of allylic oxidation sites excluding steroid dienone is 2. The first-order chi connectivity index (χ1) is 23.2. The smallest absolute Gasteiger partial charge is 0.416 e. The molecule has 0 aromatic heterocycles. The lowest BCUT2D eigenvalue weighted by Gasteiger charge is -2.34. The number of esters is 1. The SMILES string of the molecule is CC[Si](CC)(CC)OC(/C=C/[C@H]1C(O[Si](CC)(CC)CC)CC(=O)[C@@H]1C/C=C\CCCC(=O)OC(C)C)COc1cccc(C(F)(F)F)c1. The standard InChI is InChI=1S/C38H61F3O6Si2/c1-9-48(10-2,11-3)46-32(28-44-31-21-19-20-30(26-31)38(39,40)41)24-25-34-33(22-17-15-16-18-23-37(43)45-29(7)8)35(42)27-36(34)47-49(12-4,13-5)14-6/h15,17,19-21,24-26,29,32-34,36H,9-14,16,18,22-23,27-28H2,1-8H3/b17-15-,25-24+/t32?,33-,34-,36?/m1/s1. The molecule has 1 aromatic carbocycles. The van der Waals surface area contributed by atoms with Gasteiger partial charge in [-0.3, -0.25) is 9.59 Å². The van der Waals surface area contributed by atoms with Gasteiger partial charge in [0.1, 0.15) is 18.1 Å². The van der Waals surface area contributed by atoms with Crippen molar-refractivity contribution in [2.24, 2.45) is 11.8 Å². The van der Waals surface area contributed by atoms with Crippen LogP contribution in [0.5, 0.6) is 5.75 Å². The van der Waals surface area contributed by atoms with Gasteiger partial charge < -0.3 is 18.3 Å². The molecule has 6 nitrogen and oxygen atoms in total. The number of hydrogen-bond acceptors (Lipinski definition) is 6. The zero-order valence-corrected chi connectivity index (χ0v) is 33.1. The van der Waals surface area contributed by atoms with Gasteiger partial charge in [0.2, 0.25) is 0 Å². The lowest BCUT2D eigenvalue weighted by Crippen LogP contribution is -2.42. The van der Waals surface area contributed by atoms with Crippen molar-refractivity contribution in [3.63, 3.8) is 0 Å². The molecule has 1 aliphatic rings. The van der Waals surface area contributed by atoms with Gasteiger partial charge in [0.25, 0.3) is 0 Å². The minimum Gasteiger partial charge on any atom is -0.491 e. The third-order valence-corrected chi connectivity index (χ3v) is 19.5. The third-order valence-electron chi connectivity index (χ3n) is 10.2. The van der Waals surface area contributed by atoms with Crippen LogP contribution < -0.4 is 4.74 Å². The second kappa shape index (κ2) is 20.6. The molecule has 0 radical (unpaired) electrons. The average molecular weight is 727 g/mol. The largest absolute Gasteiger partial charge is 0.491 e. The van der Waals surface area contributed by atoms with E-state index in [1.165, 1.54) is 12.1 Å². The first kappa shape index (κ1) is 42.9. The summed E-state index contributed by atoms with van der Waals surface area (Å²) in [6.45, 7) is 16.7. The predicted molar refractivity (Wildman–Crippen MR) is 196 cm³/mol. The molecule has 2 unspecified atom stereocenters. The minimum atomic E-state index is -4.47. The van der Waals surface area contributed by atoms with Crippen LogP contribution in [-0.2, 0) is 29.4 Å². The summed E-state index contributed by atoms with van der Waals surface area (Å²) in [5, 5.41) is 0. The highest BCUT2D eigenvalue weighted by atomic mass is 28.4. The van der Waals surface area contributed by atoms with Crippen LogP contribution >= 0.6 is 0 Å². The van der Waals surface area contributed by atoms with E-state index in [-0.39, 0.29) is 48.2 Å². The molecule has 0 N–H and O–H groups in total. The van der Waals surface area contributed by atoms with Crippen molar-refractivity contribution < 1.29 is 41.1 Å². The zero-order chi connectivity index (χ0) is 36.7. The van der Waals surface area contributed by atoms with Crippen molar-refractivity contribution in [2.75, 3.05) is 6.61 Å². The molecule has 0 bridgehead atoms. The Labute approximate surface area is 295 Å². The van der Waals surface area contributed by atoms with Gasteiger partial charge in [0.05, 0.1) is 23.9 Å². The van der Waals surface area contributed by atoms with Crippen molar-refractivity contribution in [3.8, 4) is 5.75 Å². The van der Waals surface area contributed by atoms with Crippen LogP contribution in [0, 0.1) is 11.8 Å². The van der Waals surface area contributed by atoms with Crippen molar-refractivity contribution in [1.82, 2.24) is 0 Å². The molecular formula is C38H61F3O6Si2. The van der Waals surface area contributed by atoms with Crippen LogP contribution in [0.15, 0.2) is 48.6 Å². The molecule has 0 spiro atoms. The van der Waals surface area contributed by atoms with Crippen LogP contribution in [0.3, 0.4) is 0 Å². The van der Waals surface area contributed by atoms with Crippen molar-refractivity contribution in [1.29, 1.82) is 0 Å². The maximum atomic E-state index is 13.6. The number of carbonyl (C=O) groups excluding carboxylic acids is 2. The molecule has 1 fully saturated rings. The number of hydrogen-bond donors (Lipinski definition) is 0. The van der Waals surface area contributed by atoms with Gasteiger partial charge in [-0.2, -0.15) is 13.2 Å². The summed E-state index contributed by atoms with van der Waals surface area (Å²) in [6, 6.07) is 10.6. The summed E-state index contributed by atoms with van der Waals surface area (Å²) in [5.74, 6) is -0.333. The van der Waals surface area contributed by atoms with E-state index in [0.29, 0.717) is 32.1 Å². The second-order valence-corrected chi connectivity index (χ2v) is 23.0. The van der Waals surface area contributed by atoms with Crippen LogP contribution in [0.1, 0.15) is 93.1 Å². The molecule has 49 heavy (non-hydrogen) atoms. The molecule has 1 saturated carbocycles. The lowest BCUT2D eigenvalue weighted by molar-refractivity contribution is -0.147. The number of ketones is 1. The Hall–Kier alpha value is -2.22. The topological polar surface area (TPSA) is 71.1 Å². The van der Waals surface area contributed by atoms with E-state index in [1.807, 2.05) is 32.1 Å². The van der Waals surface area contributed by atoms with E-state index in [1.54, 1.807) is 0 Å². The first-order valence-electron chi connectivity index (χ1n) is 18.4. The Balaban J connectivity index is 2.36. The summed E-state index contributed by atoms with van der Waals surface area (Å²) in [7, 11) is -4.17.